The van der Waals surface area contributed by atoms with E-state index in [1.54, 1.807) is 0 Å². The number of likely N-dealkylation sites (tertiary alicyclic amines) is 1. The molecule has 18 heavy (non-hydrogen) atoms. The van der Waals surface area contributed by atoms with Gasteiger partial charge in [-0.15, -0.1) is 0 Å². The molecule has 1 saturated heterocycles. The zero-order valence-corrected chi connectivity index (χ0v) is 10.9. The Morgan fingerprint density at radius 3 is 2.33 bits per heavy atom. The van der Waals surface area contributed by atoms with Crippen LogP contribution in [-0.4, -0.2) is 35.0 Å². The Labute approximate surface area is 108 Å². The number of carbonyl (C=O) groups is 2. The number of aliphatic carboxylic acids is 1. The van der Waals surface area contributed by atoms with Gasteiger partial charge < -0.3 is 10.0 Å². The van der Waals surface area contributed by atoms with E-state index >= 15 is 0 Å². The van der Waals surface area contributed by atoms with Crippen LogP contribution in [0.4, 0.5) is 0 Å². The normalized spacial score (nSPS) is 26.0. The van der Waals surface area contributed by atoms with E-state index in [0.29, 0.717) is 6.54 Å². The van der Waals surface area contributed by atoms with Crippen LogP contribution >= 0.6 is 0 Å². The highest BCUT2D eigenvalue weighted by Gasteiger charge is 2.31. The Kier molecular flexibility index (Phi) is 4.61. The Morgan fingerprint density at radius 2 is 1.72 bits per heavy atom. The number of carboxylic acid groups (broad SMARTS) is 1. The third-order valence-electron chi connectivity index (χ3n) is 4.27. The summed E-state index contributed by atoms with van der Waals surface area (Å²) in [6, 6.07) is 0. The molecular weight excluding hydrogens is 230 g/mol. The number of rotatable bonds is 3. The Morgan fingerprint density at radius 1 is 1.06 bits per heavy atom. The topological polar surface area (TPSA) is 57.6 Å². The number of carbonyl (C=O) groups excluding carboxylic acids is 1. The first-order valence-electron chi connectivity index (χ1n) is 7.17. The molecule has 1 unspecified atom stereocenters. The minimum Gasteiger partial charge on any atom is -0.481 e. The van der Waals surface area contributed by atoms with Gasteiger partial charge in [0.05, 0.1) is 0 Å². The van der Waals surface area contributed by atoms with E-state index < -0.39 is 5.97 Å². The molecule has 0 spiro atoms. The van der Waals surface area contributed by atoms with Crippen LogP contribution in [0.5, 0.6) is 0 Å². The smallest absolute Gasteiger partial charge is 0.303 e. The van der Waals surface area contributed by atoms with Crippen molar-refractivity contribution in [2.45, 2.75) is 51.4 Å². The van der Waals surface area contributed by atoms with Gasteiger partial charge in [0.1, 0.15) is 0 Å². The summed E-state index contributed by atoms with van der Waals surface area (Å²) in [5, 5.41) is 8.78. The van der Waals surface area contributed by atoms with Crippen molar-refractivity contribution in [3.8, 4) is 0 Å². The van der Waals surface area contributed by atoms with Gasteiger partial charge in [0.15, 0.2) is 0 Å². The molecule has 1 amide bonds. The first kappa shape index (κ1) is 13.4. The molecule has 1 N–H and O–H groups in total. The summed E-state index contributed by atoms with van der Waals surface area (Å²) in [5.74, 6) is -0.0955. The number of carboxylic acids is 1. The van der Waals surface area contributed by atoms with E-state index in [4.69, 9.17) is 5.11 Å². The molecule has 1 aliphatic carbocycles. The van der Waals surface area contributed by atoms with Gasteiger partial charge in [0.25, 0.3) is 0 Å². The maximum Gasteiger partial charge on any atom is 0.303 e. The molecule has 0 aromatic heterocycles. The van der Waals surface area contributed by atoms with Crippen LogP contribution < -0.4 is 0 Å². The van der Waals surface area contributed by atoms with Gasteiger partial charge in [-0.3, -0.25) is 9.59 Å². The molecule has 2 fully saturated rings. The highest BCUT2D eigenvalue weighted by Crippen LogP contribution is 2.27. The first-order chi connectivity index (χ1) is 8.66. The second-order valence-electron chi connectivity index (χ2n) is 5.73. The molecule has 1 saturated carbocycles. The molecule has 1 atom stereocenters. The second-order valence-corrected chi connectivity index (χ2v) is 5.73. The third-order valence-corrected chi connectivity index (χ3v) is 4.27. The van der Waals surface area contributed by atoms with Crippen molar-refractivity contribution >= 4 is 11.9 Å². The third kappa shape index (κ3) is 3.47. The molecule has 0 radical (unpaired) electrons. The monoisotopic (exact) mass is 253 g/mol. The zero-order valence-electron chi connectivity index (χ0n) is 10.9. The van der Waals surface area contributed by atoms with Crippen molar-refractivity contribution in [2.75, 3.05) is 13.1 Å². The van der Waals surface area contributed by atoms with Crippen LogP contribution in [-0.2, 0) is 9.59 Å². The van der Waals surface area contributed by atoms with Crippen LogP contribution in [0, 0.1) is 11.8 Å². The van der Waals surface area contributed by atoms with Gasteiger partial charge in [-0.25, -0.2) is 0 Å². The van der Waals surface area contributed by atoms with Gasteiger partial charge >= 0.3 is 5.97 Å². The maximum atomic E-state index is 12.4. The summed E-state index contributed by atoms with van der Waals surface area (Å²) in [5.41, 5.74) is 0. The fourth-order valence-corrected chi connectivity index (χ4v) is 3.23. The van der Waals surface area contributed by atoms with Gasteiger partial charge in [-0.1, -0.05) is 25.7 Å². The van der Waals surface area contributed by atoms with E-state index in [2.05, 4.69) is 0 Å². The predicted molar refractivity (Wildman–Crippen MR) is 68.1 cm³/mol. The molecule has 4 nitrogen and oxygen atoms in total. The summed E-state index contributed by atoms with van der Waals surface area (Å²) >= 11 is 0. The average Bonchev–Trinajstić information content (AvgIpc) is 2.63. The lowest BCUT2D eigenvalue weighted by molar-refractivity contribution is -0.139. The van der Waals surface area contributed by atoms with Crippen molar-refractivity contribution < 1.29 is 14.7 Å². The fourth-order valence-electron chi connectivity index (χ4n) is 3.23. The molecule has 1 heterocycles. The molecule has 0 aromatic rings. The van der Waals surface area contributed by atoms with E-state index in [1.165, 1.54) is 25.7 Å². The van der Waals surface area contributed by atoms with Crippen LogP contribution in [0.15, 0.2) is 0 Å². The number of nitrogens with zero attached hydrogens (tertiary/aromatic N) is 1. The molecule has 1 aliphatic heterocycles. The standard InChI is InChI=1S/C14H23NO3/c16-13(17)9-11-7-8-15(10-11)14(18)12-5-3-1-2-4-6-12/h11-12H,1-10H2,(H,16,17). The Balaban J connectivity index is 1.84. The zero-order chi connectivity index (χ0) is 13.0. The summed E-state index contributed by atoms with van der Waals surface area (Å²) in [7, 11) is 0. The summed E-state index contributed by atoms with van der Waals surface area (Å²) in [6.45, 7) is 1.41. The van der Waals surface area contributed by atoms with Gasteiger partial charge in [-0.05, 0) is 25.2 Å². The molecule has 0 bridgehead atoms. The summed E-state index contributed by atoms with van der Waals surface area (Å²) in [6.07, 6.45) is 7.96. The molecule has 0 aromatic carbocycles. The van der Waals surface area contributed by atoms with E-state index in [1.807, 2.05) is 4.90 Å². The van der Waals surface area contributed by atoms with Crippen molar-refractivity contribution in [1.29, 1.82) is 0 Å². The minimum atomic E-state index is -0.747. The van der Waals surface area contributed by atoms with Crippen molar-refractivity contribution in [3.63, 3.8) is 0 Å². The van der Waals surface area contributed by atoms with Crippen molar-refractivity contribution in [3.05, 3.63) is 0 Å². The highest BCUT2D eigenvalue weighted by atomic mass is 16.4. The van der Waals surface area contributed by atoms with Crippen molar-refractivity contribution in [1.82, 2.24) is 4.90 Å². The van der Waals surface area contributed by atoms with Gasteiger partial charge in [-0.2, -0.15) is 0 Å². The second kappa shape index (κ2) is 6.21. The number of amides is 1. The number of hydrogen-bond acceptors (Lipinski definition) is 2. The van der Waals surface area contributed by atoms with E-state index in [-0.39, 0.29) is 24.2 Å². The highest BCUT2D eigenvalue weighted by molar-refractivity contribution is 5.79. The van der Waals surface area contributed by atoms with Crippen LogP contribution in [0.3, 0.4) is 0 Å². The summed E-state index contributed by atoms with van der Waals surface area (Å²) in [4.78, 5) is 24.9. The Hall–Kier alpha value is -1.06. The summed E-state index contributed by atoms with van der Waals surface area (Å²) < 4.78 is 0. The fraction of sp³-hybridized carbons (Fsp3) is 0.857. The van der Waals surface area contributed by atoms with Crippen LogP contribution in [0.25, 0.3) is 0 Å². The molecule has 102 valence electrons. The molecular formula is C14H23NO3. The first-order valence-corrected chi connectivity index (χ1v) is 7.17. The van der Waals surface area contributed by atoms with Crippen molar-refractivity contribution in [2.24, 2.45) is 11.8 Å². The van der Waals surface area contributed by atoms with Gasteiger partial charge in [0.2, 0.25) is 5.91 Å². The SMILES string of the molecule is O=C(O)CC1CCN(C(=O)C2CCCCCC2)C1. The maximum absolute atomic E-state index is 12.4. The molecule has 2 rings (SSSR count). The lowest BCUT2D eigenvalue weighted by atomic mass is 9.99. The number of hydrogen-bond donors (Lipinski definition) is 1. The average molecular weight is 253 g/mol. The lowest BCUT2D eigenvalue weighted by Gasteiger charge is -2.22. The Bertz CT molecular complexity index is 308. The molecule has 2 aliphatic rings. The minimum absolute atomic E-state index is 0.164. The van der Waals surface area contributed by atoms with E-state index in [0.717, 1.165) is 25.8 Å². The largest absolute Gasteiger partial charge is 0.481 e. The predicted octanol–water partition coefficient (Wildman–Crippen LogP) is 2.28. The quantitative estimate of drug-likeness (QED) is 0.785. The lowest BCUT2D eigenvalue weighted by Crippen LogP contribution is -2.34. The molecule has 4 heteroatoms. The van der Waals surface area contributed by atoms with Gasteiger partial charge in [0, 0.05) is 25.4 Å². The van der Waals surface area contributed by atoms with Crippen LogP contribution in [0.1, 0.15) is 51.4 Å². The van der Waals surface area contributed by atoms with E-state index in [9.17, 15) is 9.59 Å². The van der Waals surface area contributed by atoms with Crippen LogP contribution in [0.2, 0.25) is 0 Å².